The molecule has 21 heteroatoms. The average molecular weight is 965 g/mol. The van der Waals surface area contributed by atoms with Crippen LogP contribution < -0.4 is 0 Å². The number of fused-ring (bicyclic) bond motifs is 6. The van der Waals surface area contributed by atoms with Gasteiger partial charge in [0, 0.05) is 116 Å². The summed E-state index contributed by atoms with van der Waals surface area (Å²) in [7, 11) is -0.349. The number of carbonyl (C=O) groups is 1. The number of oxime groups is 2. The highest BCUT2D eigenvalue weighted by Gasteiger charge is 2.22. The molecule has 0 spiro atoms. The highest BCUT2D eigenvalue weighted by Crippen LogP contribution is 2.48. The number of nitro benzene ring substituents is 2. The zero-order valence-corrected chi connectivity index (χ0v) is 40.6. The van der Waals surface area contributed by atoms with Crippen molar-refractivity contribution in [2.24, 2.45) is 10.3 Å². The van der Waals surface area contributed by atoms with E-state index in [1.54, 1.807) is 38.1 Å². The second-order valence-corrected chi connectivity index (χ2v) is 20.7. The number of unbranched alkanes of at least 4 members (excludes halogenated alkanes) is 6. The largest absolute Gasteiger partial charge is 0.411 e. The molecule has 67 heavy (non-hydrogen) atoms. The summed E-state index contributed by atoms with van der Waals surface area (Å²) < 4.78 is 48.5. The van der Waals surface area contributed by atoms with E-state index in [0.717, 1.165) is 119 Å². The van der Waals surface area contributed by atoms with Crippen molar-refractivity contribution in [1.82, 2.24) is 9.13 Å². The predicted octanol–water partition coefficient (Wildman–Crippen LogP) is 12.0. The first-order valence-electron chi connectivity index (χ1n) is 21.8. The fourth-order valence-electron chi connectivity index (χ4n) is 7.96. The highest BCUT2D eigenvalue weighted by atomic mass is 31.2. The number of nitro groups is 2. The van der Waals surface area contributed by atoms with Crippen molar-refractivity contribution in [3.05, 3.63) is 104 Å². The number of hydrogen-bond donors (Lipinski definition) is 1. The molecule has 0 aliphatic carbocycles. The van der Waals surface area contributed by atoms with Crippen LogP contribution in [0, 0.1) is 20.2 Å². The molecule has 0 aliphatic heterocycles. The van der Waals surface area contributed by atoms with Gasteiger partial charge in [-0.3, -0.25) is 29.4 Å². The van der Waals surface area contributed by atoms with E-state index in [2.05, 4.69) is 19.4 Å². The predicted molar refractivity (Wildman–Crippen MR) is 260 cm³/mol. The number of aromatic nitrogens is 2. The number of rotatable bonds is 23. The number of aryl methyl sites for hydroxylation is 2. The number of benzene rings is 4. The van der Waals surface area contributed by atoms with Crippen molar-refractivity contribution < 1.29 is 51.9 Å². The van der Waals surface area contributed by atoms with Crippen LogP contribution in [0.1, 0.15) is 83.3 Å². The molecular weight excluding hydrogens is 906 g/mol. The van der Waals surface area contributed by atoms with E-state index in [9.17, 15) is 34.2 Å². The summed E-state index contributed by atoms with van der Waals surface area (Å²) in [6.07, 6.45) is 7.70. The van der Waals surface area contributed by atoms with E-state index in [1.807, 2.05) is 36.4 Å². The molecule has 360 valence electrons. The van der Waals surface area contributed by atoms with Gasteiger partial charge in [0.15, 0.2) is 0 Å². The quantitative estimate of drug-likeness (QED) is 0.0120. The minimum Gasteiger partial charge on any atom is -0.411 e. The van der Waals surface area contributed by atoms with E-state index >= 15 is 0 Å². The van der Waals surface area contributed by atoms with Crippen LogP contribution in [-0.4, -0.2) is 82.3 Å². The summed E-state index contributed by atoms with van der Waals surface area (Å²) in [6.45, 7) is 6.19. The zero-order chi connectivity index (χ0) is 48.9. The third-order valence-corrected chi connectivity index (χ3v) is 15.6. The highest BCUT2D eigenvalue weighted by molar-refractivity contribution is 7.54. The molecule has 1 N–H and O–H groups in total. The van der Waals surface area contributed by atoms with E-state index < -0.39 is 31.0 Å². The third kappa shape index (κ3) is 13.0. The van der Waals surface area contributed by atoms with Crippen molar-refractivity contribution >= 4 is 87.6 Å². The Balaban J connectivity index is 0.000000252. The molecule has 19 nitrogen and oxygen atoms in total. The molecule has 6 aromatic rings. The topological polar surface area (TPSA) is 238 Å². The Morgan fingerprint density at radius 1 is 0.567 bits per heavy atom. The first-order valence-corrected chi connectivity index (χ1v) is 25.2. The van der Waals surface area contributed by atoms with Gasteiger partial charge in [-0.15, -0.1) is 0 Å². The molecule has 0 amide bonds. The van der Waals surface area contributed by atoms with Crippen molar-refractivity contribution in [2.75, 3.05) is 40.8 Å². The molecule has 0 fully saturated rings. The lowest BCUT2D eigenvalue weighted by Crippen LogP contribution is -2.01. The van der Waals surface area contributed by atoms with Crippen molar-refractivity contribution in [2.45, 2.75) is 85.2 Å². The minimum absolute atomic E-state index is 0.0213. The monoisotopic (exact) mass is 964 g/mol. The Bertz CT molecular complexity index is 2890. The van der Waals surface area contributed by atoms with E-state index in [4.69, 9.17) is 28.1 Å². The maximum absolute atomic E-state index is 12.2. The van der Waals surface area contributed by atoms with Gasteiger partial charge in [-0.05, 0) is 87.1 Å². The Morgan fingerprint density at radius 3 is 1.28 bits per heavy atom. The molecular formula is C46H58N6O13P2. The molecule has 0 unspecified atom stereocenters. The normalized spacial score (nSPS) is 12.5. The molecule has 0 bridgehead atoms. The lowest BCUT2D eigenvalue weighted by Gasteiger charge is -2.13. The van der Waals surface area contributed by atoms with Crippen LogP contribution in [0.25, 0.3) is 43.6 Å². The van der Waals surface area contributed by atoms with Gasteiger partial charge in [0.2, 0.25) is 0 Å². The Morgan fingerprint density at radius 2 is 0.925 bits per heavy atom. The second kappa shape index (κ2) is 23.8. The molecule has 0 saturated carbocycles. The summed E-state index contributed by atoms with van der Waals surface area (Å²) in [5.41, 5.74) is 6.32. The molecule has 2 aromatic heterocycles. The molecule has 0 atom stereocenters. The fourth-order valence-corrected chi connectivity index (χ4v) is 10.2. The van der Waals surface area contributed by atoms with E-state index in [1.165, 1.54) is 47.5 Å². The van der Waals surface area contributed by atoms with Gasteiger partial charge in [0.25, 0.3) is 11.4 Å². The van der Waals surface area contributed by atoms with Crippen LogP contribution >= 0.6 is 15.2 Å². The van der Waals surface area contributed by atoms with Crippen LogP contribution in [0.5, 0.6) is 0 Å². The van der Waals surface area contributed by atoms with Gasteiger partial charge in [0.05, 0.1) is 33.6 Å². The van der Waals surface area contributed by atoms with Gasteiger partial charge < -0.3 is 37.3 Å². The zero-order valence-electron chi connectivity index (χ0n) is 38.8. The second-order valence-electron chi connectivity index (χ2n) is 15.9. The summed E-state index contributed by atoms with van der Waals surface area (Å²) in [5, 5.41) is 42.3. The maximum Gasteiger partial charge on any atom is 0.331 e. The molecule has 0 saturated heterocycles. The molecule has 2 heterocycles. The minimum atomic E-state index is -2.98. The Labute approximate surface area is 388 Å². The molecule has 4 aromatic carbocycles. The molecule has 0 radical (unpaired) electrons. The SMILES string of the molecule is COP(=O)(CCCCCCn1c2ccc(/C(C)=N/O)cc2c2cc([N+](=O)[O-])ccc21)OC.COP(=O)(CCCCCCn1c2ccc(/C(C)=N/OC(C)=O)cc2c2cc([N+](=O)[O-])ccc21)OC. The molecule has 0 aliphatic rings. The van der Waals surface area contributed by atoms with Gasteiger partial charge in [-0.2, -0.15) is 0 Å². The van der Waals surface area contributed by atoms with Crippen LogP contribution in [0.3, 0.4) is 0 Å². The van der Waals surface area contributed by atoms with Crippen molar-refractivity contribution in [3.63, 3.8) is 0 Å². The third-order valence-electron chi connectivity index (χ3n) is 11.7. The van der Waals surface area contributed by atoms with Gasteiger partial charge in [-0.1, -0.05) is 48.1 Å². The number of non-ortho nitro benzene ring substituents is 2. The Kier molecular flexibility index (Phi) is 18.5. The summed E-state index contributed by atoms with van der Waals surface area (Å²) in [4.78, 5) is 37.7. The molecule has 6 rings (SSSR count). The van der Waals surface area contributed by atoms with Crippen LogP contribution in [0.15, 0.2) is 83.1 Å². The van der Waals surface area contributed by atoms with Crippen molar-refractivity contribution in [3.8, 4) is 0 Å². The van der Waals surface area contributed by atoms with Gasteiger partial charge >= 0.3 is 21.2 Å². The van der Waals surface area contributed by atoms with E-state index in [-0.39, 0.29) is 11.4 Å². The number of nitrogens with zero attached hydrogens (tertiary/aromatic N) is 6. The number of carbonyl (C=O) groups excluding carboxylic acids is 1. The van der Waals surface area contributed by atoms with E-state index in [0.29, 0.717) is 23.7 Å². The van der Waals surface area contributed by atoms with Gasteiger partial charge in [0.1, 0.15) is 0 Å². The smallest absolute Gasteiger partial charge is 0.331 e. The summed E-state index contributed by atoms with van der Waals surface area (Å²) in [6, 6.07) is 21.3. The number of hydrogen-bond acceptors (Lipinski definition) is 15. The maximum atomic E-state index is 12.2. The lowest BCUT2D eigenvalue weighted by molar-refractivity contribution is -0.384. The van der Waals surface area contributed by atoms with Crippen LogP contribution in [0.4, 0.5) is 11.4 Å². The lowest BCUT2D eigenvalue weighted by atomic mass is 10.1. The van der Waals surface area contributed by atoms with Crippen LogP contribution in [-0.2, 0) is 49.9 Å². The fraction of sp³-hybridized carbons (Fsp3) is 0.413. The van der Waals surface area contributed by atoms with Crippen molar-refractivity contribution in [1.29, 1.82) is 0 Å². The first kappa shape index (κ1) is 52.2. The van der Waals surface area contributed by atoms with Crippen LogP contribution in [0.2, 0.25) is 0 Å². The standard InChI is InChI=1S/C24H30N3O7P.C22H28N3O6P/c1-17(25-34-18(2)28)19-9-11-23-21(15-19)22-16-20(27(29)30)10-12-24(22)26(23)13-7-5-6-8-14-35(31,32-3)33-4;1-16(23-26)17-8-10-21-19(14-17)20-15-18(25(27)28)9-11-22(20)24(21)12-6-4-5-7-13-32(29,30-2)31-3/h9-12,15-16H,5-8,13-14H2,1-4H3;8-11,14-15,26H,4-7,12-13H2,1-3H3/b25-17+;23-16+. The average Bonchev–Trinajstić information content (AvgIpc) is 3.82. The Hall–Kier alpha value is -5.81. The van der Waals surface area contributed by atoms with Gasteiger partial charge in [-0.25, -0.2) is 4.79 Å². The summed E-state index contributed by atoms with van der Waals surface area (Å²) >= 11 is 0. The first-order chi connectivity index (χ1) is 32.0. The summed E-state index contributed by atoms with van der Waals surface area (Å²) in [5.74, 6) is -0.509.